The second-order valence-corrected chi connectivity index (χ2v) is 2.36. The van der Waals surface area contributed by atoms with Gasteiger partial charge in [-0.3, -0.25) is 0 Å². The first-order valence-corrected chi connectivity index (χ1v) is 3.76. The molecule has 0 saturated heterocycles. The molecule has 0 saturated carbocycles. The molecule has 0 amide bonds. The molecule has 0 aliphatic carbocycles. The van der Waals surface area contributed by atoms with Crippen LogP contribution in [0.1, 0.15) is 12.5 Å². The molecule has 1 aromatic rings. The SMILES string of the molecule is CCOc1[c-]c(C(F)(F)F)ccc1.[Li+]. The van der Waals surface area contributed by atoms with Crippen LogP contribution in [0.3, 0.4) is 0 Å². The van der Waals surface area contributed by atoms with E-state index in [1.807, 2.05) is 0 Å². The topological polar surface area (TPSA) is 9.23 Å². The number of hydrogen-bond donors (Lipinski definition) is 0. The molecule has 0 fully saturated rings. The van der Waals surface area contributed by atoms with Gasteiger partial charge >= 0.3 is 25.0 Å². The van der Waals surface area contributed by atoms with Gasteiger partial charge in [0.05, 0.1) is 6.61 Å². The van der Waals surface area contributed by atoms with Crippen LogP contribution in [0.15, 0.2) is 18.2 Å². The molecule has 1 rings (SSSR count). The molecule has 1 nitrogen and oxygen atoms in total. The summed E-state index contributed by atoms with van der Waals surface area (Å²) in [6.45, 7) is 2.03. The van der Waals surface area contributed by atoms with Gasteiger partial charge in [-0.1, -0.05) is 5.56 Å². The second-order valence-electron chi connectivity index (χ2n) is 2.36. The monoisotopic (exact) mass is 196 g/mol. The molecular weight excluding hydrogens is 188 g/mol. The van der Waals surface area contributed by atoms with Crippen LogP contribution in [0.2, 0.25) is 0 Å². The van der Waals surface area contributed by atoms with Gasteiger partial charge in [-0.2, -0.15) is 25.3 Å². The van der Waals surface area contributed by atoms with Crippen LogP contribution in [-0.2, 0) is 6.18 Å². The minimum absolute atomic E-state index is 0. The number of ether oxygens (including phenoxy) is 1. The summed E-state index contributed by atoms with van der Waals surface area (Å²) >= 11 is 0. The van der Waals surface area contributed by atoms with E-state index in [1.54, 1.807) is 6.92 Å². The molecule has 0 atom stereocenters. The zero-order chi connectivity index (χ0) is 9.90. The third-order valence-corrected chi connectivity index (χ3v) is 1.37. The van der Waals surface area contributed by atoms with E-state index in [9.17, 15) is 13.2 Å². The summed E-state index contributed by atoms with van der Waals surface area (Å²) in [5.74, 6) is 0.123. The Morgan fingerprint density at radius 3 is 2.50 bits per heavy atom. The maximum absolute atomic E-state index is 12.1. The fraction of sp³-hybridized carbons (Fsp3) is 0.333. The molecule has 0 bridgehead atoms. The number of benzene rings is 1. The summed E-state index contributed by atoms with van der Waals surface area (Å²) in [5.41, 5.74) is -0.807. The summed E-state index contributed by atoms with van der Waals surface area (Å²) in [4.78, 5) is 0. The van der Waals surface area contributed by atoms with Gasteiger partial charge in [0.2, 0.25) is 0 Å². The molecule has 72 valence electrons. The van der Waals surface area contributed by atoms with Crippen molar-refractivity contribution in [2.45, 2.75) is 13.1 Å². The van der Waals surface area contributed by atoms with Crippen molar-refractivity contribution >= 4 is 0 Å². The molecule has 0 aromatic heterocycles. The number of alkyl halides is 3. The minimum Gasteiger partial charge on any atom is -0.520 e. The van der Waals surface area contributed by atoms with Crippen molar-refractivity contribution in [1.82, 2.24) is 0 Å². The quantitative estimate of drug-likeness (QED) is 0.474. The van der Waals surface area contributed by atoms with Crippen molar-refractivity contribution < 1.29 is 36.8 Å². The van der Waals surface area contributed by atoms with Gasteiger partial charge in [-0.05, 0) is 6.92 Å². The van der Waals surface area contributed by atoms with Gasteiger partial charge in [-0.25, -0.2) is 0 Å². The van der Waals surface area contributed by atoms with Crippen LogP contribution in [-0.4, -0.2) is 6.61 Å². The smallest absolute Gasteiger partial charge is 0.520 e. The van der Waals surface area contributed by atoms with E-state index in [4.69, 9.17) is 4.74 Å². The average Bonchev–Trinajstić information content (AvgIpc) is 2.04. The first-order chi connectivity index (χ1) is 6.04. The Morgan fingerprint density at radius 2 is 2.00 bits per heavy atom. The largest absolute Gasteiger partial charge is 1.00 e. The predicted octanol–water partition coefficient (Wildman–Crippen LogP) is -0.0917. The van der Waals surface area contributed by atoms with Gasteiger partial charge in [0.25, 0.3) is 0 Å². The van der Waals surface area contributed by atoms with E-state index >= 15 is 0 Å². The zero-order valence-electron chi connectivity index (χ0n) is 7.98. The van der Waals surface area contributed by atoms with Gasteiger partial charge in [0.15, 0.2) is 0 Å². The Morgan fingerprint density at radius 1 is 1.36 bits per heavy atom. The second kappa shape index (κ2) is 5.33. The summed E-state index contributed by atoms with van der Waals surface area (Å²) < 4.78 is 41.3. The Labute approximate surface area is 92.4 Å². The van der Waals surface area contributed by atoms with Crippen molar-refractivity contribution in [1.29, 1.82) is 0 Å². The third-order valence-electron chi connectivity index (χ3n) is 1.37. The Bertz CT molecular complexity index is 286. The number of hydrogen-bond acceptors (Lipinski definition) is 1. The van der Waals surface area contributed by atoms with E-state index in [2.05, 4.69) is 6.07 Å². The molecule has 0 unspecified atom stereocenters. The maximum atomic E-state index is 12.1. The van der Waals surface area contributed by atoms with Gasteiger partial charge in [-0.15, -0.1) is 12.1 Å². The van der Waals surface area contributed by atoms with E-state index in [0.29, 0.717) is 6.61 Å². The van der Waals surface area contributed by atoms with Crippen molar-refractivity contribution in [3.8, 4) is 5.75 Å². The minimum atomic E-state index is -4.35. The molecule has 0 aliphatic heterocycles. The summed E-state index contributed by atoms with van der Waals surface area (Å²) in [5, 5.41) is 0. The zero-order valence-corrected chi connectivity index (χ0v) is 7.98. The molecule has 0 spiro atoms. The average molecular weight is 196 g/mol. The van der Waals surface area contributed by atoms with Crippen molar-refractivity contribution in [2.24, 2.45) is 0 Å². The molecule has 14 heavy (non-hydrogen) atoms. The van der Waals surface area contributed by atoms with Crippen molar-refractivity contribution in [3.63, 3.8) is 0 Å². The molecule has 0 radical (unpaired) electrons. The van der Waals surface area contributed by atoms with Crippen LogP contribution in [0.25, 0.3) is 0 Å². The first kappa shape index (κ1) is 13.4. The predicted molar refractivity (Wildman–Crippen MR) is 41.4 cm³/mol. The summed E-state index contributed by atoms with van der Waals surface area (Å²) in [6.07, 6.45) is -4.35. The third kappa shape index (κ3) is 3.65. The Hall–Kier alpha value is -0.593. The molecule has 1 aromatic carbocycles. The van der Waals surface area contributed by atoms with Gasteiger partial charge in [0, 0.05) is 5.75 Å². The van der Waals surface area contributed by atoms with E-state index < -0.39 is 11.7 Å². The number of rotatable bonds is 2. The number of halogens is 3. The summed E-state index contributed by atoms with van der Waals surface area (Å²) in [7, 11) is 0. The normalized spacial score (nSPS) is 10.6. The van der Waals surface area contributed by atoms with Crippen LogP contribution in [0.5, 0.6) is 5.75 Å². The molecule has 0 N–H and O–H groups in total. The Kier molecular flexibility index (Phi) is 5.10. The van der Waals surface area contributed by atoms with Crippen molar-refractivity contribution in [2.75, 3.05) is 6.61 Å². The van der Waals surface area contributed by atoms with Gasteiger partial charge < -0.3 is 4.74 Å². The molecule has 0 aliphatic rings. The molecule has 0 heterocycles. The fourth-order valence-corrected chi connectivity index (χ4v) is 0.853. The van der Waals surface area contributed by atoms with Crippen LogP contribution < -0.4 is 23.6 Å². The fourth-order valence-electron chi connectivity index (χ4n) is 0.853. The van der Waals surface area contributed by atoms with Gasteiger partial charge in [0.1, 0.15) is 0 Å². The van der Waals surface area contributed by atoms with E-state index in [1.165, 1.54) is 12.1 Å². The van der Waals surface area contributed by atoms with E-state index in [-0.39, 0.29) is 24.6 Å². The molecular formula is C9H8F3LiO. The first-order valence-electron chi connectivity index (χ1n) is 3.76. The van der Waals surface area contributed by atoms with Crippen molar-refractivity contribution in [3.05, 3.63) is 29.8 Å². The van der Waals surface area contributed by atoms with Crippen LogP contribution in [0.4, 0.5) is 13.2 Å². The summed E-state index contributed by atoms with van der Waals surface area (Å²) in [6, 6.07) is 5.84. The van der Waals surface area contributed by atoms with Crippen LogP contribution >= 0.6 is 0 Å². The van der Waals surface area contributed by atoms with E-state index in [0.717, 1.165) is 6.07 Å². The van der Waals surface area contributed by atoms with Crippen LogP contribution in [0, 0.1) is 6.07 Å². The maximum Gasteiger partial charge on any atom is 1.00 e. The molecule has 5 heteroatoms. The Balaban J connectivity index is 0.00000169. The standard InChI is InChI=1S/C9H8F3O.Li/c1-2-13-8-5-3-4-7(6-8)9(10,11)12;/h3-5H,2H2,1H3;/q-1;+1.